The Morgan fingerprint density at radius 3 is 2.47 bits per heavy atom. The van der Waals surface area contributed by atoms with Gasteiger partial charge in [-0.1, -0.05) is 30.3 Å². The summed E-state index contributed by atoms with van der Waals surface area (Å²) in [4.78, 5) is 8.27. The van der Waals surface area contributed by atoms with Crippen LogP contribution in [0.5, 0.6) is 5.75 Å². The molecule has 0 radical (unpaired) electrons. The summed E-state index contributed by atoms with van der Waals surface area (Å²) < 4.78 is 5.57. The van der Waals surface area contributed by atoms with Crippen molar-refractivity contribution in [3.8, 4) is 5.75 Å². The van der Waals surface area contributed by atoms with E-state index in [1.54, 1.807) is 12.4 Å². The van der Waals surface area contributed by atoms with Gasteiger partial charge in [-0.2, -0.15) is 0 Å². The first-order valence-electron chi connectivity index (χ1n) is 5.61. The normalized spacial score (nSPS) is 9.94. The highest BCUT2D eigenvalue weighted by molar-refractivity contribution is 5.26. The minimum Gasteiger partial charge on any atom is -0.486 e. The van der Waals surface area contributed by atoms with E-state index in [2.05, 4.69) is 15.3 Å². The topological polar surface area (TPSA) is 47.0 Å². The smallest absolute Gasteiger partial charge is 0.222 e. The highest BCUT2D eigenvalue weighted by atomic mass is 16.5. The average molecular weight is 229 g/mol. The van der Waals surface area contributed by atoms with Crippen molar-refractivity contribution < 1.29 is 4.74 Å². The number of nitrogens with zero attached hydrogens (tertiary/aromatic N) is 2. The van der Waals surface area contributed by atoms with E-state index in [1.807, 2.05) is 37.3 Å². The monoisotopic (exact) mass is 229 g/mol. The molecule has 0 spiro atoms. The van der Waals surface area contributed by atoms with Crippen molar-refractivity contribution in [1.29, 1.82) is 0 Å². The standard InChI is InChI=1S/C13H15N3O/c1-2-14-13-15-8-12(9-16-13)17-10-11-6-4-3-5-7-11/h3-9H,2,10H2,1H3,(H,14,15,16). The van der Waals surface area contributed by atoms with Gasteiger partial charge < -0.3 is 10.1 Å². The molecular formula is C13H15N3O. The van der Waals surface area contributed by atoms with Crippen molar-refractivity contribution in [1.82, 2.24) is 9.97 Å². The van der Waals surface area contributed by atoms with Crippen LogP contribution in [-0.2, 0) is 6.61 Å². The molecule has 4 nitrogen and oxygen atoms in total. The number of ether oxygens (including phenoxy) is 1. The van der Waals surface area contributed by atoms with Gasteiger partial charge in [0, 0.05) is 6.54 Å². The summed E-state index contributed by atoms with van der Waals surface area (Å²) >= 11 is 0. The maximum Gasteiger partial charge on any atom is 0.222 e. The van der Waals surface area contributed by atoms with E-state index in [0.29, 0.717) is 18.3 Å². The minimum atomic E-state index is 0.532. The van der Waals surface area contributed by atoms with E-state index >= 15 is 0 Å². The number of anilines is 1. The fraction of sp³-hybridized carbons (Fsp3) is 0.231. The van der Waals surface area contributed by atoms with Gasteiger partial charge >= 0.3 is 0 Å². The quantitative estimate of drug-likeness (QED) is 0.855. The molecule has 88 valence electrons. The molecule has 1 aromatic carbocycles. The van der Waals surface area contributed by atoms with E-state index in [-0.39, 0.29) is 0 Å². The summed E-state index contributed by atoms with van der Waals surface area (Å²) in [5, 5.41) is 3.03. The van der Waals surface area contributed by atoms with Crippen LogP contribution in [0.4, 0.5) is 5.95 Å². The minimum absolute atomic E-state index is 0.532. The number of aromatic nitrogens is 2. The van der Waals surface area contributed by atoms with Gasteiger partial charge in [0.15, 0.2) is 5.75 Å². The summed E-state index contributed by atoms with van der Waals surface area (Å²) in [6, 6.07) is 10.0. The molecule has 2 aromatic rings. The zero-order chi connectivity index (χ0) is 11.9. The Kier molecular flexibility index (Phi) is 3.91. The largest absolute Gasteiger partial charge is 0.486 e. The van der Waals surface area contributed by atoms with Crippen molar-refractivity contribution in [2.24, 2.45) is 0 Å². The lowest BCUT2D eigenvalue weighted by Gasteiger charge is -2.06. The number of hydrogen-bond acceptors (Lipinski definition) is 4. The van der Waals surface area contributed by atoms with Crippen LogP contribution >= 0.6 is 0 Å². The van der Waals surface area contributed by atoms with Gasteiger partial charge in [0.25, 0.3) is 0 Å². The third kappa shape index (κ3) is 3.45. The molecular weight excluding hydrogens is 214 g/mol. The Bertz CT molecular complexity index is 442. The second-order valence-electron chi connectivity index (χ2n) is 3.55. The van der Waals surface area contributed by atoms with E-state index < -0.39 is 0 Å². The zero-order valence-corrected chi connectivity index (χ0v) is 9.76. The molecule has 0 amide bonds. The van der Waals surface area contributed by atoms with Crippen LogP contribution < -0.4 is 10.1 Å². The Morgan fingerprint density at radius 2 is 1.82 bits per heavy atom. The van der Waals surface area contributed by atoms with Gasteiger partial charge in [-0.15, -0.1) is 0 Å². The van der Waals surface area contributed by atoms with Crippen LogP contribution in [0.1, 0.15) is 12.5 Å². The lowest BCUT2D eigenvalue weighted by Crippen LogP contribution is -2.02. The zero-order valence-electron chi connectivity index (χ0n) is 9.76. The second-order valence-corrected chi connectivity index (χ2v) is 3.55. The molecule has 1 aromatic heterocycles. The maximum absolute atomic E-state index is 5.57. The molecule has 0 unspecified atom stereocenters. The van der Waals surface area contributed by atoms with Crippen LogP contribution in [0.3, 0.4) is 0 Å². The maximum atomic E-state index is 5.57. The Labute approximate surface area is 101 Å². The molecule has 0 aliphatic carbocycles. The first-order chi connectivity index (χ1) is 8.38. The lowest BCUT2D eigenvalue weighted by molar-refractivity contribution is 0.303. The van der Waals surface area contributed by atoms with Gasteiger partial charge in [0.05, 0.1) is 12.4 Å². The number of rotatable bonds is 5. The van der Waals surface area contributed by atoms with Crippen molar-refractivity contribution in [2.45, 2.75) is 13.5 Å². The molecule has 4 heteroatoms. The van der Waals surface area contributed by atoms with E-state index in [1.165, 1.54) is 0 Å². The summed E-state index contributed by atoms with van der Waals surface area (Å²) in [5.41, 5.74) is 1.13. The Hall–Kier alpha value is -2.10. The molecule has 17 heavy (non-hydrogen) atoms. The van der Waals surface area contributed by atoms with E-state index in [0.717, 1.165) is 12.1 Å². The van der Waals surface area contributed by atoms with Crippen LogP contribution in [0.2, 0.25) is 0 Å². The molecule has 1 heterocycles. The third-order valence-electron chi connectivity index (χ3n) is 2.21. The van der Waals surface area contributed by atoms with E-state index in [4.69, 9.17) is 4.74 Å². The van der Waals surface area contributed by atoms with Crippen molar-refractivity contribution in [3.63, 3.8) is 0 Å². The summed E-state index contributed by atoms with van der Waals surface area (Å²) in [7, 11) is 0. The van der Waals surface area contributed by atoms with Gasteiger partial charge in [0.2, 0.25) is 5.95 Å². The average Bonchev–Trinajstić information content (AvgIpc) is 2.40. The SMILES string of the molecule is CCNc1ncc(OCc2ccccc2)cn1. The first kappa shape index (κ1) is 11.4. The molecule has 0 atom stereocenters. The molecule has 2 rings (SSSR count). The lowest BCUT2D eigenvalue weighted by atomic mass is 10.2. The van der Waals surface area contributed by atoms with Gasteiger partial charge in [0.1, 0.15) is 6.61 Å². The number of benzene rings is 1. The molecule has 0 fully saturated rings. The van der Waals surface area contributed by atoms with Crippen LogP contribution in [0.25, 0.3) is 0 Å². The highest BCUT2D eigenvalue weighted by Crippen LogP contribution is 2.11. The van der Waals surface area contributed by atoms with Crippen LogP contribution in [0.15, 0.2) is 42.7 Å². The molecule has 0 aliphatic rings. The predicted molar refractivity (Wildman–Crippen MR) is 67.0 cm³/mol. The molecule has 0 saturated heterocycles. The molecule has 1 N–H and O–H groups in total. The fourth-order valence-corrected chi connectivity index (χ4v) is 1.38. The number of nitrogens with one attached hydrogen (secondary N) is 1. The molecule has 0 saturated carbocycles. The summed E-state index contributed by atoms with van der Waals surface area (Å²) in [6.45, 7) is 3.35. The van der Waals surface area contributed by atoms with Crippen molar-refractivity contribution >= 4 is 5.95 Å². The fourth-order valence-electron chi connectivity index (χ4n) is 1.38. The van der Waals surface area contributed by atoms with Gasteiger partial charge in [-0.3, -0.25) is 0 Å². The second kappa shape index (κ2) is 5.84. The first-order valence-corrected chi connectivity index (χ1v) is 5.61. The predicted octanol–water partition coefficient (Wildman–Crippen LogP) is 2.49. The molecule has 0 aliphatic heterocycles. The van der Waals surface area contributed by atoms with E-state index in [9.17, 15) is 0 Å². The van der Waals surface area contributed by atoms with Crippen LogP contribution in [-0.4, -0.2) is 16.5 Å². The summed E-state index contributed by atoms with van der Waals surface area (Å²) in [5.74, 6) is 1.30. The number of hydrogen-bond donors (Lipinski definition) is 1. The highest BCUT2D eigenvalue weighted by Gasteiger charge is 1.97. The third-order valence-corrected chi connectivity index (χ3v) is 2.21. The van der Waals surface area contributed by atoms with Crippen molar-refractivity contribution in [2.75, 3.05) is 11.9 Å². The van der Waals surface area contributed by atoms with Crippen LogP contribution in [0, 0.1) is 0 Å². The Balaban J connectivity index is 1.91. The summed E-state index contributed by atoms with van der Waals surface area (Å²) in [6.07, 6.45) is 3.35. The Morgan fingerprint density at radius 1 is 1.12 bits per heavy atom. The van der Waals surface area contributed by atoms with Gasteiger partial charge in [-0.25, -0.2) is 9.97 Å². The van der Waals surface area contributed by atoms with Gasteiger partial charge in [-0.05, 0) is 12.5 Å². The molecule has 0 bridgehead atoms. The van der Waals surface area contributed by atoms with Crippen molar-refractivity contribution in [3.05, 3.63) is 48.3 Å².